The van der Waals surface area contributed by atoms with Crippen LogP contribution >= 0.6 is 23.1 Å². The normalized spacial score (nSPS) is 10.9. The SMILES string of the molecule is Cc1nnc(Sc2cccc(OC(C)C)c2N)s1. The lowest BCUT2D eigenvalue weighted by Gasteiger charge is -2.13. The summed E-state index contributed by atoms with van der Waals surface area (Å²) in [6.45, 7) is 5.89. The molecule has 0 unspecified atom stereocenters. The van der Waals surface area contributed by atoms with Crippen LogP contribution in [0.5, 0.6) is 5.75 Å². The van der Waals surface area contributed by atoms with Crippen LogP contribution in [0.15, 0.2) is 27.4 Å². The van der Waals surface area contributed by atoms with E-state index in [4.69, 9.17) is 10.5 Å². The van der Waals surface area contributed by atoms with Gasteiger partial charge in [0, 0.05) is 4.90 Å². The summed E-state index contributed by atoms with van der Waals surface area (Å²) in [5.41, 5.74) is 6.75. The average Bonchev–Trinajstić information content (AvgIpc) is 2.69. The zero-order valence-electron chi connectivity index (χ0n) is 10.5. The Morgan fingerprint density at radius 1 is 1.33 bits per heavy atom. The summed E-state index contributed by atoms with van der Waals surface area (Å²) in [5.74, 6) is 0.719. The van der Waals surface area contributed by atoms with E-state index in [0.29, 0.717) is 5.69 Å². The summed E-state index contributed by atoms with van der Waals surface area (Å²) in [4.78, 5) is 0.948. The predicted octanol–water partition coefficient (Wildman–Crippen LogP) is 3.37. The zero-order valence-corrected chi connectivity index (χ0v) is 12.1. The fraction of sp³-hybridized carbons (Fsp3) is 0.333. The first kappa shape index (κ1) is 13.2. The van der Waals surface area contributed by atoms with Crippen LogP contribution in [0, 0.1) is 6.92 Å². The number of nitrogens with two attached hydrogens (primary N) is 1. The highest BCUT2D eigenvalue weighted by Gasteiger charge is 2.11. The van der Waals surface area contributed by atoms with E-state index >= 15 is 0 Å². The van der Waals surface area contributed by atoms with Gasteiger partial charge < -0.3 is 10.5 Å². The van der Waals surface area contributed by atoms with Gasteiger partial charge in [-0.3, -0.25) is 0 Å². The molecule has 18 heavy (non-hydrogen) atoms. The Morgan fingerprint density at radius 2 is 2.11 bits per heavy atom. The van der Waals surface area contributed by atoms with Crippen LogP contribution in [-0.2, 0) is 0 Å². The van der Waals surface area contributed by atoms with E-state index in [0.717, 1.165) is 20.0 Å². The highest BCUT2D eigenvalue weighted by molar-refractivity contribution is 8.01. The van der Waals surface area contributed by atoms with Crippen LogP contribution < -0.4 is 10.5 Å². The Hall–Kier alpha value is -1.27. The van der Waals surface area contributed by atoms with Gasteiger partial charge in [-0.2, -0.15) is 0 Å². The predicted molar refractivity (Wildman–Crippen MR) is 75.4 cm³/mol. The van der Waals surface area contributed by atoms with Crippen molar-refractivity contribution in [1.29, 1.82) is 0 Å². The van der Waals surface area contributed by atoms with Crippen molar-refractivity contribution in [2.75, 3.05) is 5.73 Å². The van der Waals surface area contributed by atoms with E-state index < -0.39 is 0 Å². The molecule has 96 valence electrons. The number of anilines is 1. The van der Waals surface area contributed by atoms with Crippen LogP contribution in [0.1, 0.15) is 18.9 Å². The summed E-state index contributed by atoms with van der Waals surface area (Å²) in [5, 5.41) is 9.02. The molecule has 6 heteroatoms. The Balaban J connectivity index is 2.23. The molecular weight excluding hydrogens is 266 g/mol. The van der Waals surface area contributed by atoms with Crippen LogP contribution in [0.25, 0.3) is 0 Å². The Kier molecular flexibility index (Phi) is 4.08. The van der Waals surface area contributed by atoms with Crippen LogP contribution in [0.3, 0.4) is 0 Å². The standard InChI is InChI=1S/C12H15N3OS2/c1-7(2)16-9-5-4-6-10(11(9)13)18-12-15-14-8(3)17-12/h4-7H,13H2,1-3H3. The van der Waals surface area contributed by atoms with Gasteiger partial charge in [0.2, 0.25) is 0 Å². The van der Waals surface area contributed by atoms with Crippen LogP contribution in [0.4, 0.5) is 5.69 Å². The summed E-state index contributed by atoms with van der Waals surface area (Å²) < 4.78 is 6.55. The first-order valence-electron chi connectivity index (χ1n) is 5.59. The summed E-state index contributed by atoms with van der Waals surface area (Å²) in [6, 6.07) is 5.78. The van der Waals surface area contributed by atoms with Crippen molar-refractivity contribution in [3.05, 3.63) is 23.2 Å². The minimum atomic E-state index is 0.108. The minimum absolute atomic E-state index is 0.108. The summed E-state index contributed by atoms with van der Waals surface area (Å²) in [6.07, 6.45) is 0.108. The van der Waals surface area contributed by atoms with Crippen molar-refractivity contribution in [1.82, 2.24) is 10.2 Å². The van der Waals surface area contributed by atoms with E-state index in [9.17, 15) is 0 Å². The smallest absolute Gasteiger partial charge is 0.179 e. The fourth-order valence-corrected chi connectivity index (χ4v) is 3.22. The molecule has 2 N–H and O–H groups in total. The Morgan fingerprint density at radius 3 is 2.72 bits per heavy atom. The topological polar surface area (TPSA) is 61.0 Å². The third-order valence-electron chi connectivity index (χ3n) is 2.09. The van der Waals surface area contributed by atoms with Crippen molar-refractivity contribution in [2.45, 2.75) is 36.1 Å². The highest BCUT2D eigenvalue weighted by Crippen LogP contribution is 2.38. The van der Waals surface area contributed by atoms with Crippen LogP contribution in [-0.4, -0.2) is 16.3 Å². The second-order valence-corrected chi connectivity index (χ2v) is 6.49. The Labute approximate surface area is 115 Å². The van der Waals surface area contributed by atoms with Crippen LogP contribution in [0.2, 0.25) is 0 Å². The molecule has 1 aromatic carbocycles. The first-order chi connectivity index (χ1) is 8.56. The lowest BCUT2D eigenvalue weighted by Crippen LogP contribution is -2.07. The van der Waals surface area contributed by atoms with E-state index in [-0.39, 0.29) is 6.10 Å². The molecule has 2 rings (SSSR count). The van der Waals surface area contributed by atoms with E-state index in [1.54, 1.807) is 11.3 Å². The third kappa shape index (κ3) is 3.14. The van der Waals surface area contributed by atoms with Gasteiger partial charge >= 0.3 is 0 Å². The number of aryl methyl sites for hydroxylation is 1. The quantitative estimate of drug-likeness (QED) is 0.871. The minimum Gasteiger partial charge on any atom is -0.489 e. The number of hydrogen-bond acceptors (Lipinski definition) is 6. The van der Waals surface area contributed by atoms with Crippen molar-refractivity contribution in [3.63, 3.8) is 0 Å². The molecule has 0 aliphatic heterocycles. The third-order valence-corrected chi connectivity index (χ3v) is 4.06. The monoisotopic (exact) mass is 281 g/mol. The number of hydrogen-bond donors (Lipinski definition) is 1. The number of ether oxygens (including phenoxy) is 1. The van der Waals surface area contributed by atoms with Crippen molar-refractivity contribution >= 4 is 28.8 Å². The van der Waals surface area contributed by atoms with Gasteiger partial charge in [0.15, 0.2) is 4.34 Å². The van der Waals surface area contributed by atoms with Crippen molar-refractivity contribution in [2.24, 2.45) is 0 Å². The van der Waals surface area contributed by atoms with Gasteiger partial charge in [0.25, 0.3) is 0 Å². The van der Waals surface area contributed by atoms with Gasteiger partial charge in [-0.05, 0) is 32.9 Å². The maximum atomic E-state index is 6.10. The van der Waals surface area contributed by atoms with E-state index in [1.165, 1.54) is 11.8 Å². The number of nitrogen functional groups attached to an aromatic ring is 1. The number of para-hydroxylation sites is 1. The van der Waals surface area contributed by atoms with Gasteiger partial charge in [0.05, 0.1) is 11.8 Å². The lowest BCUT2D eigenvalue weighted by atomic mass is 10.3. The molecule has 1 aromatic heterocycles. The summed E-state index contributed by atoms with van der Waals surface area (Å²) >= 11 is 3.07. The maximum absolute atomic E-state index is 6.10. The second-order valence-electron chi connectivity index (χ2n) is 4.02. The van der Waals surface area contributed by atoms with Gasteiger partial charge in [-0.25, -0.2) is 0 Å². The molecule has 0 radical (unpaired) electrons. The van der Waals surface area contributed by atoms with E-state index in [2.05, 4.69) is 10.2 Å². The first-order valence-corrected chi connectivity index (χ1v) is 7.22. The molecule has 0 atom stereocenters. The largest absolute Gasteiger partial charge is 0.489 e. The molecule has 0 amide bonds. The number of rotatable bonds is 4. The summed E-state index contributed by atoms with van der Waals surface area (Å²) in [7, 11) is 0. The number of nitrogens with zero attached hydrogens (tertiary/aromatic N) is 2. The Bertz CT molecular complexity index is 540. The van der Waals surface area contributed by atoms with Crippen molar-refractivity contribution in [3.8, 4) is 5.75 Å². The molecule has 0 aliphatic carbocycles. The molecule has 0 saturated heterocycles. The second kappa shape index (κ2) is 5.58. The maximum Gasteiger partial charge on any atom is 0.179 e. The fourth-order valence-electron chi connectivity index (χ4n) is 1.38. The highest BCUT2D eigenvalue weighted by atomic mass is 32.2. The van der Waals surface area contributed by atoms with Crippen molar-refractivity contribution < 1.29 is 4.74 Å². The molecule has 4 nitrogen and oxygen atoms in total. The zero-order chi connectivity index (χ0) is 13.1. The molecule has 0 saturated carbocycles. The average molecular weight is 281 g/mol. The van der Waals surface area contributed by atoms with Gasteiger partial charge in [0.1, 0.15) is 10.8 Å². The number of benzene rings is 1. The lowest BCUT2D eigenvalue weighted by molar-refractivity contribution is 0.243. The molecule has 0 bridgehead atoms. The molecule has 0 fully saturated rings. The number of aromatic nitrogens is 2. The van der Waals surface area contributed by atoms with Gasteiger partial charge in [-0.15, -0.1) is 10.2 Å². The molecule has 0 aliphatic rings. The molecule has 2 aromatic rings. The molecule has 1 heterocycles. The molecular formula is C12H15N3OS2. The van der Waals surface area contributed by atoms with E-state index in [1.807, 2.05) is 39.0 Å². The molecule has 0 spiro atoms. The van der Waals surface area contributed by atoms with Gasteiger partial charge in [-0.1, -0.05) is 29.2 Å².